The molecule has 6 rings (SSSR count). The highest BCUT2D eigenvalue weighted by molar-refractivity contribution is 14.1. The lowest BCUT2D eigenvalue weighted by atomic mass is 9.56. The molecule has 0 spiro atoms. The van der Waals surface area contributed by atoms with Crippen molar-refractivity contribution in [3.05, 3.63) is 61.7 Å². The molecule has 41 heavy (non-hydrogen) atoms. The van der Waals surface area contributed by atoms with E-state index in [2.05, 4.69) is 31.9 Å². The van der Waals surface area contributed by atoms with Gasteiger partial charge < -0.3 is 9.84 Å². The van der Waals surface area contributed by atoms with Gasteiger partial charge in [-0.15, -0.1) is 23.2 Å². The molecule has 2 aliphatic carbocycles. The summed E-state index contributed by atoms with van der Waals surface area (Å²) in [5.74, 6) is -5.00. The van der Waals surface area contributed by atoms with E-state index in [-0.39, 0.29) is 41.6 Å². The number of ether oxygens (including phenoxy) is 1. The number of likely N-dealkylation sites (tertiary alicyclic amines) is 1. The Kier molecular flexibility index (Phi) is 7.32. The summed E-state index contributed by atoms with van der Waals surface area (Å²) >= 11 is 23.1. The third-order valence-electron chi connectivity index (χ3n) is 8.70. The number of allylic oxidation sites excluding steroid dienone is 2. The largest absolute Gasteiger partial charge is 0.504 e. The van der Waals surface area contributed by atoms with Crippen molar-refractivity contribution in [2.75, 3.05) is 17.5 Å². The summed E-state index contributed by atoms with van der Waals surface area (Å²) in [6.07, 6.45) is 2.02. The lowest BCUT2D eigenvalue weighted by molar-refractivity contribution is -0.138. The number of phenols is 1. The van der Waals surface area contributed by atoms with E-state index in [0.29, 0.717) is 20.4 Å². The smallest absolute Gasteiger partial charge is 0.254 e. The minimum atomic E-state index is -1.93. The van der Waals surface area contributed by atoms with Gasteiger partial charge in [-0.2, -0.15) is 0 Å². The molecule has 6 atom stereocenters. The van der Waals surface area contributed by atoms with Crippen molar-refractivity contribution in [3.63, 3.8) is 0 Å². The maximum atomic E-state index is 14.0. The fourth-order valence-corrected chi connectivity index (χ4v) is 9.20. The molecule has 2 aliphatic heterocycles. The predicted octanol–water partition coefficient (Wildman–Crippen LogP) is 5.68. The topological polar surface area (TPSA) is 104 Å². The van der Waals surface area contributed by atoms with Crippen LogP contribution in [0.2, 0.25) is 0 Å². The molecule has 4 aliphatic rings. The third-order valence-corrected chi connectivity index (χ3v) is 12.0. The lowest BCUT2D eigenvalue weighted by Gasteiger charge is -2.50. The second-order valence-corrected chi connectivity index (χ2v) is 14.3. The standard InChI is InChI=1S/C28H21Br2Cl2IN2O6/c1-41-19-9-12(8-18(33)22(19)36)21-15-6-7-16-20(24(38)35(23(16)37)14-4-2-13(30)3-5-14)17(15)10-27(31)25(39)34(11-29)26(40)28(21,27)32/h2-6,8-9,16-17,20-21,36H,7,10-11H2,1H3. The summed E-state index contributed by atoms with van der Waals surface area (Å²) in [4.78, 5) is 53.7. The molecule has 0 radical (unpaired) electrons. The monoisotopic (exact) mass is 836 g/mol. The second-order valence-electron chi connectivity index (χ2n) is 10.5. The summed E-state index contributed by atoms with van der Waals surface area (Å²) in [5, 5.41) is 10.5. The fraction of sp³-hybridized carbons (Fsp3) is 0.357. The molecule has 6 unspecified atom stereocenters. The molecule has 2 aromatic carbocycles. The summed E-state index contributed by atoms with van der Waals surface area (Å²) in [5.41, 5.74) is 1.51. The van der Waals surface area contributed by atoms with Crippen molar-refractivity contribution >= 4 is 107 Å². The second kappa shape index (κ2) is 10.2. The number of alkyl halides is 3. The van der Waals surface area contributed by atoms with Crippen LogP contribution in [0.3, 0.4) is 0 Å². The van der Waals surface area contributed by atoms with Gasteiger partial charge in [0.05, 0.1) is 33.7 Å². The zero-order chi connectivity index (χ0) is 29.6. The number of benzene rings is 2. The molecule has 0 bridgehead atoms. The Hall–Kier alpha value is -1.67. The van der Waals surface area contributed by atoms with Gasteiger partial charge in [-0.1, -0.05) is 43.5 Å². The number of methoxy groups -OCH3 is 1. The van der Waals surface area contributed by atoms with E-state index in [9.17, 15) is 24.3 Å². The van der Waals surface area contributed by atoms with Crippen LogP contribution in [0.1, 0.15) is 24.3 Å². The SMILES string of the molecule is COc1cc(C2C3=CCC4C(=O)N(c5ccc(Br)cc5)C(=O)C4C3CC3(Cl)C(=O)N(CBr)C(=O)C23Cl)cc(I)c1O. The van der Waals surface area contributed by atoms with Crippen LogP contribution in [0.5, 0.6) is 11.5 Å². The first-order valence-electron chi connectivity index (χ1n) is 12.6. The van der Waals surface area contributed by atoms with Crippen LogP contribution in [0, 0.1) is 21.3 Å². The van der Waals surface area contributed by atoms with Crippen LogP contribution >= 0.6 is 77.7 Å². The van der Waals surface area contributed by atoms with E-state index < -0.39 is 45.2 Å². The molecule has 214 valence electrons. The molecule has 8 nitrogen and oxygen atoms in total. The highest BCUT2D eigenvalue weighted by Crippen LogP contribution is 2.66. The van der Waals surface area contributed by atoms with Crippen LogP contribution in [-0.2, 0) is 19.2 Å². The zero-order valence-corrected chi connectivity index (χ0v) is 28.1. The highest BCUT2D eigenvalue weighted by Gasteiger charge is 2.76. The summed E-state index contributed by atoms with van der Waals surface area (Å²) in [7, 11) is 1.40. The predicted molar refractivity (Wildman–Crippen MR) is 167 cm³/mol. The minimum Gasteiger partial charge on any atom is -0.504 e. The van der Waals surface area contributed by atoms with Crippen molar-refractivity contribution in [1.29, 1.82) is 0 Å². The van der Waals surface area contributed by atoms with E-state index in [4.69, 9.17) is 27.9 Å². The van der Waals surface area contributed by atoms with Gasteiger partial charge in [0.25, 0.3) is 11.8 Å². The molecule has 2 heterocycles. The van der Waals surface area contributed by atoms with Crippen molar-refractivity contribution in [2.24, 2.45) is 17.8 Å². The number of carbonyl (C=O) groups is 4. The molecule has 2 saturated heterocycles. The van der Waals surface area contributed by atoms with Gasteiger partial charge in [-0.3, -0.25) is 29.0 Å². The number of hydrogen-bond acceptors (Lipinski definition) is 6. The summed E-state index contributed by atoms with van der Waals surface area (Å²) in [6.45, 7) is 0. The molecule has 0 aromatic heterocycles. The van der Waals surface area contributed by atoms with Crippen LogP contribution in [-0.4, -0.2) is 55.9 Å². The van der Waals surface area contributed by atoms with Crippen LogP contribution in [0.4, 0.5) is 5.69 Å². The molecule has 4 amide bonds. The fourth-order valence-electron chi connectivity index (χ4n) is 6.89. The van der Waals surface area contributed by atoms with Crippen LogP contribution < -0.4 is 9.64 Å². The van der Waals surface area contributed by atoms with E-state index in [1.165, 1.54) is 12.0 Å². The van der Waals surface area contributed by atoms with Crippen LogP contribution in [0.15, 0.2) is 52.5 Å². The Bertz CT molecular complexity index is 1570. The van der Waals surface area contributed by atoms with Gasteiger partial charge in [-0.05, 0) is 83.3 Å². The molecule has 2 aromatic rings. The highest BCUT2D eigenvalue weighted by atomic mass is 127. The number of hydrogen-bond donors (Lipinski definition) is 1. The number of imide groups is 2. The van der Waals surface area contributed by atoms with Gasteiger partial charge in [-0.25, -0.2) is 0 Å². The number of nitrogens with zero attached hydrogens (tertiary/aromatic N) is 2. The number of phenolic OH excluding ortho intramolecular Hbond substituents is 1. The molecule has 1 N–H and O–H groups in total. The average molecular weight is 839 g/mol. The minimum absolute atomic E-state index is 0.0831. The van der Waals surface area contributed by atoms with Crippen molar-refractivity contribution in [1.82, 2.24) is 4.90 Å². The van der Waals surface area contributed by atoms with Gasteiger partial charge >= 0.3 is 0 Å². The molecule has 13 heteroatoms. The molecule has 1 saturated carbocycles. The number of rotatable bonds is 4. The number of halogens is 5. The zero-order valence-electron chi connectivity index (χ0n) is 21.2. The first-order chi connectivity index (χ1) is 19.4. The number of anilines is 1. The first kappa shape index (κ1) is 29.4. The first-order valence-corrected chi connectivity index (χ1v) is 16.4. The molecular weight excluding hydrogens is 818 g/mol. The Labute approximate surface area is 275 Å². The van der Waals surface area contributed by atoms with Gasteiger partial charge in [0.15, 0.2) is 21.2 Å². The Morgan fingerprint density at radius 2 is 1.76 bits per heavy atom. The maximum absolute atomic E-state index is 14.0. The van der Waals surface area contributed by atoms with E-state index in [0.717, 1.165) is 9.37 Å². The Morgan fingerprint density at radius 1 is 1.07 bits per heavy atom. The van der Waals surface area contributed by atoms with Crippen molar-refractivity contribution in [2.45, 2.75) is 28.5 Å². The number of aromatic hydroxyl groups is 1. The van der Waals surface area contributed by atoms with Gasteiger partial charge in [0, 0.05) is 10.4 Å². The van der Waals surface area contributed by atoms with Crippen molar-refractivity contribution < 1.29 is 29.0 Å². The Balaban J connectivity index is 1.54. The van der Waals surface area contributed by atoms with E-state index >= 15 is 0 Å². The van der Waals surface area contributed by atoms with Crippen molar-refractivity contribution in [3.8, 4) is 11.5 Å². The summed E-state index contributed by atoms with van der Waals surface area (Å²) in [6, 6.07) is 10.1. The summed E-state index contributed by atoms with van der Waals surface area (Å²) < 4.78 is 6.64. The quantitative estimate of drug-likeness (QED) is 0.140. The molecular formula is C28H21Br2Cl2IN2O6. The maximum Gasteiger partial charge on any atom is 0.254 e. The van der Waals surface area contributed by atoms with E-state index in [1.54, 1.807) is 36.4 Å². The average Bonchev–Trinajstić information content (AvgIpc) is 3.28. The normalized spacial score (nSPS) is 32.6. The number of carbonyl (C=O) groups excluding carboxylic acids is 4. The number of amides is 4. The van der Waals surface area contributed by atoms with E-state index in [1.807, 2.05) is 28.7 Å². The number of fused-ring (bicyclic) bond motifs is 4. The van der Waals surface area contributed by atoms with Gasteiger partial charge in [0.1, 0.15) is 0 Å². The lowest BCUT2D eigenvalue weighted by Crippen LogP contribution is -2.60. The van der Waals surface area contributed by atoms with Gasteiger partial charge in [0.2, 0.25) is 11.8 Å². The third kappa shape index (κ3) is 3.94. The molecule has 3 fully saturated rings. The van der Waals surface area contributed by atoms with Crippen LogP contribution in [0.25, 0.3) is 0 Å². The Morgan fingerprint density at radius 3 is 2.39 bits per heavy atom.